The van der Waals surface area contributed by atoms with E-state index in [9.17, 15) is 0 Å². The number of hydrogen-bond donors (Lipinski definition) is 2. The highest BCUT2D eigenvalue weighted by molar-refractivity contribution is 5.87. The molecule has 4 aromatic rings. The van der Waals surface area contributed by atoms with Crippen LogP contribution in [0.25, 0.3) is 21.8 Å². The van der Waals surface area contributed by atoms with Crippen LogP contribution in [0.4, 0.5) is 0 Å². The monoisotopic (exact) mass is 480 g/mol. The van der Waals surface area contributed by atoms with Gasteiger partial charge in [0.1, 0.15) is 5.75 Å². The highest BCUT2D eigenvalue weighted by Gasteiger charge is 2.34. The Labute approximate surface area is 212 Å². The van der Waals surface area contributed by atoms with E-state index in [-0.39, 0.29) is 0 Å². The molecule has 2 saturated heterocycles. The summed E-state index contributed by atoms with van der Waals surface area (Å²) in [6.07, 6.45) is 6.15. The predicted octanol–water partition coefficient (Wildman–Crippen LogP) is 5.43. The zero-order chi connectivity index (χ0) is 23.6. The van der Waals surface area contributed by atoms with E-state index in [2.05, 4.69) is 62.2 Å². The molecule has 5 heteroatoms. The summed E-state index contributed by atoms with van der Waals surface area (Å²) in [5.41, 5.74) is 8.68. The highest BCUT2D eigenvalue weighted by atomic mass is 16.5. The summed E-state index contributed by atoms with van der Waals surface area (Å²) in [6.45, 7) is 7.97. The summed E-state index contributed by atoms with van der Waals surface area (Å²) in [4.78, 5) is 12.9. The van der Waals surface area contributed by atoms with Crippen LogP contribution in [0.3, 0.4) is 0 Å². The van der Waals surface area contributed by atoms with Crippen LogP contribution in [0.2, 0.25) is 0 Å². The highest BCUT2D eigenvalue weighted by Crippen LogP contribution is 2.39. The van der Waals surface area contributed by atoms with Gasteiger partial charge in [0.15, 0.2) is 0 Å². The third kappa shape index (κ3) is 3.51. The molecule has 8 rings (SSSR count). The number of aromatic amines is 2. The standard InChI is InChI=1S/C31H36N4O/c1-2-6-28-24(5-1)25-10-13-35-16-20(14-22(18-35)31(25)32-28)19-36-23-7-8-29-27(15-23)26-9-12-34-11-3-4-21(17-34)30(26)33-29/h1-2,5-8,15,20-22,32-33H,3-4,9-14,16-19H2/t20?,21-,22-/m1/s1. The smallest absolute Gasteiger partial charge is 0.120 e. The van der Waals surface area contributed by atoms with E-state index in [1.807, 2.05) is 0 Å². The SMILES string of the molecule is c1ccc2c3c([nH]c2c1)[C@@H]1CC(COc2ccc4[nH]c5c(c4c2)CC[N@@]2CCC[C@@H]5C2)C[N@](CC3)C1. The molecule has 2 fully saturated rings. The van der Waals surface area contributed by atoms with Gasteiger partial charge >= 0.3 is 0 Å². The van der Waals surface area contributed by atoms with Crippen LogP contribution in [-0.4, -0.2) is 65.6 Å². The second-order valence-electron chi connectivity index (χ2n) is 11.8. The van der Waals surface area contributed by atoms with E-state index in [0.717, 1.165) is 38.3 Å². The molecule has 0 radical (unpaired) electrons. The molecule has 186 valence electrons. The maximum Gasteiger partial charge on any atom is 0.120 e. The van der Waals surface area contributed by atoms with Crippen molar-refractivity contribution in [2.24, 2.45) is 5.92 Å². The lowest BCUT2D eigenvalue weighted by Crippen LogP contribution is -2.41. The molecule has 2 aromatic heterocycles. The summed E-state index contributed by atoms with van der Waals surface area (Å²) in [5, 5.41) is 2.81. The minimum absolute atomic E-state index is 0.562. The Morgan fingerprint density at radius 1 is 0.778 bits per heavy atom. The van der Waals surface area contributed by atoms with E-state index in [0.29, 0.717) is 17.8 Å². The lowest BCUT2D eigenvalue weighted by Gasteiger charge is -2.35. The molecule has 2 N–H and O–H groups in total. The quantitative estimate of drug-likeness (QED) is 0.411. The molecule has 5 atom stereocenters. The Kier molecular flexibility index (Phi) is 4.97. The molecule has 0 saturated carbocycles. The zero-order valence-electron chi connectivity index (χ0n) is 21.1. The molecule has 5 nitrogen and oxygen atoms in total. The van der Waals surface area contributed by atoms with Crippen molar-refractivity contribution < 1.29 is 4.74 Å². The normalized spacial score (nSPS) is 29.4. The lowest BCUT2D eigenvalue weighted by molar-refractivity contribution is 0.120. The molecule has 0 amide bonds. The number of fused-ring (bicyclic) bond motifs is 12. The van der Waals surface area contributed by atoms with Crippen molar-refractivity contribution in [1.29, 1.82) is 0 Å². The van der Waals surface area contributed by atoms with Crippen molar-refractivity contribution in [3.05, 3.63) is 65.0 Å². The van der Waals surface area contributed by atoms with E-state index in [1.54, 1.807) is 11.1 Å². The maximum atomic E-state index is 6.52. The van der Waals surface area contributed by atoms with Crippen molar-refractivity contribution >= 4 is 21.8 Å². The predicted molar refractivity (Wildman–Crippen MR) is 145 cm³/mol. The number of ether oxygens (including phenoxy) is 1. The van der Waals surface area contributed by atoms with Crippen molar-refractivity contribution in [3.63, 3.8) is 0 Å². The first-order chi connectivity index (χ1) is 17.8. The number of nitrogens with zero attached hydrogens (tertiary/aromatic N) is 2. The lowest BCUT2D eigenvalue weighted by atomic mass is 9.87. The minimum atomic E-state index is 0.562. The molecule has 2 aromatic carbocycles. The van der Waals surface area contributed by atoms with E-state index in [1.165, 1.54) is 78.6 Å². The van der Waals surface area contributed by atoms with E-state index in [4.69, 9.17) is 4.74 Å². The minimum Gasteiger partial charge on any atom is -0.493 e. The third-order valence-corrected chi connectivity index (χ3v) is 9.53. The van der Waals surface area contributed by atoms with Gasteiger partial charge < -0.3 is 24.5 Å². The molecule has 36 heavy (non-hydrogen) atoms. The topological polar surface area (TPSA) is 47.3 Å². The van der Waals surface area contributed by atoms with E-state index >= 15 is 0 Å². The number of benzene rings is 2. The van der Waals surface area contributed by atoms with Crippen LogP contribution >= 0.6 is 0 Å². The molecule has 4 aliphatic rings. The van der Waals surface area contributed by atoms with Crippen LogP contribution in [0.5, 0.6) is 5.75 Å². The first-order valence-corrected chi connectivity index (χ1v) is 14.1. The molecular formula is C31H36N4O. The average Bonchev–Trinajstić information content (AvgIpc) is 3.40. The fourth-order valence-electron chi connectivity index (χ4n) is 7.86. The van der Waals surface area contributed by atoms with Gasteiger partial charge in [-0.05, 0) is 74.0 Å². The molecule has 0 aliphatic carbocycles. The molecule has 6 heterocycles. The first kappa shape index (κ1) is 21.3. The van der Waals surface area contributed by atoms with Gasteiger partial charge in [-0.2, -0.15) is 0 Å². The second-order valence-corrected chi connectivity index (χ2v) is 11.8. The molecule has 1 unspecified atom stereocenters. The number of H-pyrrole nitrogens is 2. The summed E-state index contributed by atoms with van der Waals surface area (Å²) < 4.78 is 6.52. The molecular weight excluding hydrogens is 444 g/mol. The van der Waals surface area contributed by atoms with Gasteiger partial charge in [-0.1, -0.05) is 18.2 Å². The number of para-hydroxylation sites is 1. The fraction of sp³-hybridized carbons (Fsp3) is 0.484. The Balaban J connectivity index is 1.02. The van der Waals surface area contributed by atoms with Crippen LogP contribution < -0.4 is 4.74 Å². The first-order valence-electron chi connectivity index (χ1n) is 14.1. The number of nitrogens with one attached hydrogen (secondary N) is 2. The van der Waals surface area contributed by atoms with Crippen molar-refractivity contribution in [2.45, 2.75) is 43.9 Å². The largest absolute Gasteiger partial charge is 0.493 e. The maximum absolute atomic E-state index is 6.52. The Hall–Kier alpha value is -2.76. The third-order valence-electron chi connectivity index (χ3n) is 9.53. The summed E-state index contributed by atoms with van der Waals surface area (Å²) in [7, 11) is 0. The Morgan fingerprint density at radius 2 is 1.56 bits per heavy atom. The Morgan fingerprint density at radius 3 is 2.50 bits per heavy atom. The van der Waals surface area contributed by atoms with Gasteiger partial charge in [0.05, 0.1) is 6.61 Å². The van der Waals surface area contributed by atoms with Crippen molar-refractivity contribution in [1.82, 2.24) is 19.8 Å². The van der Waals surface area contributed by atoms with Crippen LogP contribution in [0, 0.1) is 5.92 Å². The number of aromatic nitrogens is 2. The van der Waals surface area contributed by atoms with Gasteiger partial charge in [0, 0.05) is 83.7 Å². The van der Waals surface area contributed by atoms with Gasteiger partial charge in [0.2, 0.25) is 0 Å². The number of hydrogen-bond acceptors (Lipinski definition) is 3. The second kappa shape index (κ2) is 8.39. The number of rotatable bonds is 3. The molecule has 4 bridgehead atoms. The van der Waals surface area contributed by atoms with Crippen LogP contribution in [-0.2, 0) is 12.8 Å². The van der Waals surface area contributed by atoms with Gasteiger partial charge in [0.25, 0.3) is 0 Å². The Bertz CT molecular complexity index is 1430. The van der Waals surface area contributed by atoms with Gasteiger partial charge in [-0.3, -0.25) is 0 Å². The zero-order valence-corrected chi connectivity index (χ0v) is 21.1. The van der Waals surface area contributed by atoms with Gasteiger partial charge in [-0.15, -0.1) is 0 Å². The summed E-state index contributed by atoms with van der Waals surface area (Å²) in [6, 6.07) is 15.6. The van der Waals surface area contributed by atoms with Crippen LogP contribution in [0.15, 0.2) is 42.5 Å². The summed E-state index contributed by atoms with van der Waals surface area (Å²) >= 11 is 0. The fourth-order valence-corrected chi connectivity index (χ4v) is 7.86. The average molecular weight is 481 g/mol. The summed E-state index contributed by atoms with van der Waals surface area (Å²) in [5.74, 6) is 2.84. The van der Waals surface area contributed by atoms with Crippen molar-refractivity contribution in [3.8, 4) is 5.75 Å². The number of piperidine rings is 2. The van der Waals surface area contributed by atoms with Crippen molar-refractivity contribution in [2.75, 3.05) is 45.9 Å². The van der Waals surface area contributed by atoms with E-state index < -0.39 is 0 Å². The molecule has 0 spiro atoms. The van der Waals surface area contributed by atoms with Crippen LogP contribution in [0.1, 0.15) is 53.6 Å². The van der Waals surface area contributed by atoms with Gasteiger partial charge in [-0.25, -0.2) is 0 Å². The molecule has 4 aliphatic heterocycles.